The highest BCUT2D eigenvalue weighted by atomic mass is 16.5. The van der Waals surface area contributed by atoms with E-state index in [1.807, 2.05) is 0 Å². The monoisotopic (exact) mass is 376 g/mol. The van der Waals surface area contributed by atoms with Gasteiger partial charge in [0.1, 0.15) is 5.58 Å². The van der Waals surface area contributed by atoms with Crippen LogP contribution in [0.4, 0.5) is 5.69 Å². The average molecular weight is 377 g/mol. The van der Waals surface area contributed by atoms with Crippen LogP contribution in [0.15, 0.2) is 53.1 Å². The first-order valence-corrected chi connectivity index (χ1v) is 10.3. The summed E-state index contributed by atoms with van der Waals surface area (Å²) in [5.41, 5.74) is 6.54. The zero-order valence-electron chi connectivity index (χ0n) is 16.9. The summed E-state index contributed by atoms with van der Waals surface area (Å²) < 4.78 is 11.4. The number of rotatable bonds is 2. The molecule has 2 aliphatic rings. The van der Waals surface area contributed by atoms with E-state index in [0.717, 1.165) is 31.8 Å². The number of fused-ring (bicyclic) bond motifs is 2. The van der Waals surface area contributed by atoms with Crippen LogP contribution in [0.5, 0.6) is 0 Å². The molecule has 1 saturated heterocycles. The Hall–Kier alpha value is -2.30. The van der Waals surface area contributed by atoms with Gasteiger partial charge in [0.2, 0.25) is 0 Å². The van der Waals surface area contributed by atoms with Gasteiger partial charge < -0.3 is 19.0 Å². The van der Waals surface area contributed by atoms with Gasteiger partial charge in [-0.1, -0.05) is 12.1 Å². The molecule has 1 aromatic heterocycles. The maximum Gasteiger partial charge on any atom is 0.133 e. The molecule has 0 amide bonds. The number of likely N-dealkylation sites (N-methyl/N-ethyl adjacent to an activating group) is 1. The fourth-order valence-corrected chi connectivity index (χ4v) is 4.91. The van der Waals surface area contributed by atoms with Gasteiger partial charge in [-0.05, 0) is 67.9 Å². The Morgan fingerprint density at radius 1 is 0.929 bits per heavy atom. The van der Waals surface area contributed by atoms with Gasteiger partial charge in [0.05, 0.1) is 18.5 Å². The third-order valence-electron chi connectivity index (χ3n) is 6.10. The van der Waals surface area contributed by atoms with Crippen molar-refractivity contribution < 1.29 is 9.15 Å². The molecule has 0 aliphatic carbocycles. The SMILES string of the molecule is CC1CN(c2ccc3c(c2)CN(C)CC3c2ccc3occc3c2)CC(C)O1. The van der Waals surface area contributed by atoms with E-state index in [0.29, 0.717) is 5.92 Å². The van der Waals surface area contributed by atoms with Crippen molar-refractivity contribution >= 4 is 16.7 Å². The lowest BCUT2D eigenvalue weighted by atomic mass is 9.84. The maximum absolute atomic E-state index is 5.91. The molecule has 0 N–H and O–H groups in total. The van der Waals surface area contributed by atoms with Crippen molar-refractivity contribution in [1.29, 1.82) is 0 Å². The number of anilines is 1. The average Bonchev–Trinajstić information content (AvgIpc) is 3.13. The van der Waals surface area contributed by atoms with Crippen molar-refractivity contribution in [2.45, 2.75) is 38.5 Å². The minimum Gasteiger partial charge on any atom is -0.464 e. The summed E-state index contributed by atoms with van der Waals surface area (Å²) in [5.74, 6) is 0.393. The fraction of sp³-hybridized carbons (Fsp3) is 0.417. The Labute approximate surface area is 166 Å². The minimum atomic E-state index is 0.275. The van der Waals surface area contributed by atoms with Gasteiger partial charge in [0.15, 0.2) is 0 Å². The van der Waals surface area contributed by atoms with Crippen LogP contribution in [-0.4, -0.2) is 43.8 Å². The van der Waals surface area contributed by atoms with Crippen LogP contribution < -0.4 is 4.90 Å². The standard InChI is InChI=1S/C24H28N2O2/c1-16-12-26(13-17(2)28-16)21-5-6-22-20(11-21)14-25(3)15-23(22)18-4-7-24-19(10-18)8-9-27-24/h4-11,16-17,23H,12-15H2,1-3H3. The second-order valence-corrected chi connectivity index (χ2v) is 8.51. The third kappa shape index (κ3) is 3.21. The summed E-state index contributed by atoms with van der Waals surface area (Å²) in [5, 5.41) is 1.18. The number of ether oxygens (including phenoxy) is 1. The van der Waals surface area contributed by atoms with Crippen molar-refractivity contribution in [3.63, 3.8) is 0 Å². The predicted octanol–water partition coefficient (Wildman–Crippen LogP) is 4.62. The fourth-order valence-electron chi connectivity index (χ4n) is 4.91. The number of nitrogens with zero attached hydrogens (tertiary/aromatic N) is 2. The molecule has 1 fully saturated rings. The lowest BCUT2D eigenvalue weighted by molar-refractivity contribution is -0.00522. The van der Waals surface area contributed by atoms with Crippen molar-refractivity contribution in [1.82, 2.24) is 4.90 Å². The van der Waals surface area contributed by atoms with E-state index in [1.165, 1.54) is 27.8 Å². The number of furan rings is 1. The quantitative estimate of drug-likeness (QED) is 0.652. The van der Waals surface area contributed by atoms with Gasteiger partial charge >= 0.3 is 0 Å². The molecule has 5 rings (SSSR count). The molecule has 0 saturated carbocycles. The molecule has 146 valence electrons. The van der Waals surface area contributed by atoms with Gasteiger partial charge in [-0.25, -0.2) is 0 Å². The van der Waals surface area contributed by atoms with Crippen LogP contribution in [0.2, 0.25) is 0 Å². The highest BCUT2D eigenvalue weighted by molar-refractivity contribution is 5.78. The first-order valence-electron chi connectivity index (χ1n) is 10.3. The molecular weight excluding hydrogens is 348 g/mol. The van der Waals surface area contributed by atoms with E-state index in [2.05, 4.69) is 73.2 Å². The molecule has 0 radical (unpaired) electrons. The first kappa shape index (κ1) is 17.8. The highest BCUT2D eigenvalue weighted by Gasteiger charge is 2.27. The lowest BCUT2D eigenvalue weighted by Crippen LogP contribution is -2.45. The van der Waals surface area contributed by atoms with E-state index < -0.39 is 0 Å². The van der Waals surface area contributed by atoms with Gasteiger partial charge in [-0.3, -0.25) is 0 Å². The summed E-state index contributed by atoms with van der Waals surface area (Å²) in [6.45, 7) is 8.29. The summed E-state index contributed by atoms with van der Waals surface area (Å²) in [6.07, 6.45) is 2.32. The van der Waals surface area contributed by atoms with Crippen LogP contribution in [0.25, 0.3) is 11.0 Å². The normalized spacial score (nSPS) is 25.8. The van der Waals surface area contributed by atoms with E-state index in [4.69, 9.17) is 9.15 Å². The smallest absolute Gasteiger partial charge is 0.133 e. The summed E-state index contributed by atoms with van der Waals surface area (Å²) in [7, 11) is 2.22. The van der Waals surface area contributed by atoms with Gasteiger partial charge in [-0.2, -0.15) is 0 Å². The van der Waals surface area contributed by atoms with E-state index >= 15 is 0 Å². The zero-order chi connectivity index (χ0) is 19.3. The molecule has 3 unspecified atom stereocenters. The van der Waals surface area contributed by atoms with Crippen molar-refractivity contribution in [3.8, 4) is 0 Å². The van der Waals surface area contributed by atoms with Gasteiger partial charge in [0.25, 0.3) is 0 Å². The number of hydrogen-bond acceptors (Lipinski definition) is 4. The van der Waals surface area contributed by atoms with Crippen molar-refractivity contribution in [2.75, 3.05) is 31.6 Å². The molecule has 4 nitrogen and oxygen atoms in total. The Morgan fingerprint density at radius 2 is 1.75 bits per heavy atom. The van der Waals surface area contributed by atoms with Crippen LogP contribution >= 0.6 is 0 Å². The molecule has 2 aromatic carbocycles. The second-order valence-electron chi connectivity index (χ2n) is 8.51. The molecule has 3 atom stereocenters. The van der Waals surface area contributed by atoms with Crippen LogP contribution in [0.3, 0.4) is 0 Å². The number of benzene rings is 2. The van der Waals surface area contributed by atoms with E-state index in [-0.39, 0.29) is 12.2 Å². The number of morpholine rings is 1. The highest BCUT2D eigenvalue weighted by Crippen LogP contribution is 2.36. The summed E-state index contributed by atoms with van der Waals surface area (Å²) in [6, 6.07) is 15.7. The Bertz CT molecular complexity index is 985. The largest absolute Gasteiger partial charge is 0.464 e. The molecular formula is C24H28N2O2. The van der Waals surface area contributed by atoms with Crippen molar-refractivity contribution in [2.24, 2.45) is 0 Å². The molecule has 3 aromatic rings. The molecule has 0 spiro atoms. The Morgan fingerprint density at radius 3 is 2.57 bits per heavy atom. The predicted molar refractivity (Wildman–Crippen MR) is 113 cm³/mol. The Kier molecular flexibility index (Phi) is 4.41. The molecule has 0 bridgehead atoms. The summed E-state index contributed by atoms with van der Waals surface area (Å²) >= 11 is 0. The Balaban J connectivity index is 1.50. The molecule has 28 heavy (non-hydrogen) atoms. The molecule has 3 heterocycles. The maximum atomic E-state index is 5.91. The van der Waals surface area contributed by atoms with E-state index in [1.54, 1.807) is 6.26 Å². The zero-order valence-corrected chi connectivity index (χ0v) is 16.9. The lowest BCUT2D eigenvalue weighted by Gasteiger charge is -2.38. The van der Waals surface area contributed by atoms with Crippen molar-refractivity contribution in [3.05, 3.63) is 65.4 Å². The third-order valence-corrected chi connectivity index (χ3v) is 6.10. The molecule has 2 aliphatic heterocycles. The summed E-state index contributed by atoms with van der Waals surface area (Å²) in [4.78, 5) is 4.90. The van der Waals surface area contributed by atoms with E-state index in [9.17, 15) is 0 Å². The van der Waals surface area contributed by atoms with Crippen LogP contribution in [-0.2, 0) is 11.3 Å². The van der Waals surface area contributed by atoms with Crippen LogP contribution in [0, 0.1) is 0 Å². The first-order chi connectivity index (χ1) is 13.6. The van der Waals surface area contributed by atoms with Gasteiger partial charge in [-0.15, -0.1) is 0 Å². The van der Waals surface area contributed by atoms with Gasteiger partial charge in [0, 0.05) is 43.2 Å². The second kappa shape index (κ2) is 6.94. The minimum absolute atomic E-state index is 0.275. The van der Waals surface area contributed by atoms with Crippen LogP contribution in [0.1, 0.15) is 36.5 Å². The molecule has 4 heteroatoms. The number of hydrogen-bond donors (Lipinski definition) is 0. The topological polar surface area (TPSA) is 28.9 Å².